The molecule has 3 atom stereocenters. The highest BCUT2D eigenvalue weighted by molar-refractivity contribution is 7.90. The van der Waals surface area contributed by atoms with E-state index in [-0.39, 0.29) is 70.8 Å². The van der Waals surface area contributed by atoms with Crippen molar-refractivity contribution in [2.45, 2.75) is 87.9 Å². The highest BCUT2D eigenvalue weighted by Crippen LogP contribution is 2.44. The summed E-state index contributed by atoms with van der Waals surface area (Å²) >= 11 is 12.7. The summed E-state index contributed by atoms with van der Waals surface area (Å²) in [5, 5.41) is 9.54. The second-order valence-corrected chi connectivity index (χ2v) is 21.0. The second kappa shape index (κ2) is 19.2. The number of hydrogen-bond donors (Lipinski definition) is 3. The Kier molecular flexibility index (Phi) is 13.9. The normalized spacial score (nSPS) is 24.1. The molecule has 2 aliphatic carbocycles. The molecule has 17 heteroatoms. The van der Waals surface area contributed by atoms with Gasteiger partial charge >= 0.3 is 0 Å². The summed E-state index contributed by atoms with van der Waals surface area (Å²) in [5.74, 6) is -0.470. The van der Waals surface area contributed by atoms with Crippen LogP contribution in [0.3, 0.4) is 0 Å². The van der Waals surface area contributed by atoms with E-state index in [0.717, 1.165) is 101 Å². The van der Waals surface area contributed by atoms with Gasteiger partial charge in [-0.05, 0) is 98.2 Å². The van der Waals surface area contributed by atoms with E-state index in [9.17, 15) is 13.2 Å². The van der Waals surface area contributed by atoms with Crippen molar-refractivity contribution >= 4 is 50.4 Å². The molecule has 1 aromatic heterocycles. The zero-order valence-corrected chi connectivity index (χ0v) is 38.3. The molecule has 4 heterocycles. The van der Waals surface area contributed by atoms with E-state index in [1.165, 1.54) is 16.7 Å². The molecule has 63 heavy (non-hydrogen) atoms. The van der Waals surface area contributed by atoms with Crippen molar-refractivity contribution in [2.24, 2.45) is 11.3 Å². The molecule has 0 radical (unpaired) electrons. The van der Waals surface area contributed by atoms with Gasteiger partial charge in [-0.25, -0.2) is 22.5 Å². The zero-order chi connectivity index (χ0) is 44.4. The van der Waals surface area contributed by atoms with Gasteiger partial charge in [0.25, 0.3) is 15.9 Å². The standard InChI is InChI=1S/C46H57Cl2FN8O5S/c1-45(2)13-12-32(37(26-45)31-6-8-33(47)9-7-31)29-56-20-22-57(23-21-56)34-10-11-36(42(24-34)62-41-5-3-4-40-38(41)28-52-53-40)43(58)54-63(59,60)35-25-39(48)44(51-27-35)61-30-46(49)14-17-55(18-15-46)19-16-50/h6-11,24-25,27,38,40-41,52-53H,3-5,12-15,17-23,26,28-30H2,1-2H3,(H,54,58). The van der Waals surface area contributed by atoms with Crippen LogP contribution in [0.5, 0.6) is 11.6 Å². The number of alkyl halides is 1. The molecule has 338 valence electrons. The fourth-order valence-electron chi connectivity index (χ4n) is 9.64. The van der Waals surface area contributed by atoms with Crippen molar-refractivity contribution < 1.29 is 27.1 Å². The molecule has 13 nitrogen and oxygen atoms in total. The van der Waals surface area contributed by atoms with Crippen molar-refractivity contribution in [1.29, 1.82) is 5.26 Å². The van der Waals surface area contributed by atoms with Crippen LogP contribution in [0.15, 0.2) is 65.2 Å². The summed E-state index contributed by atoms with van der Waals surface area (Å²) in [6, 6.07) is 17.0. The van der Waals surface area contributed by atoms with Crippen molar-refractivity contribution in [3.05, 3.63) is 81.5 Å². The van der Waals surface area contributed by atoms with E-state index < -0.39 is 21.6 Å². The molecule has 0 spiro atoms. The molecule has 3 aromatic rings. The van der Waals surface area contributed by atoms with Gasteiger partial charge in [-0.15, -0.1) is 0 Å². The Bertz CT molecular complexity index is 2330. The van der Waals surface area contributed by atoms with Crippen LogP contribution in [-0.4, -0.2) is 112 Å². The van der Waals surface area contributed by atoms with Gasteiger partial charge in [-0.3, -0.25) is 25.4 Å². The van der Waals surface area contributed by atoms with E-state index in [0.29, 0.717) is 18.8 Å². The lowest BCUT2D eigenvalue weighted by Crippen LogP contribution is -2.47. The van der Waals surface area contributed by atoms with Crippen LogP contribution in [0.25, 0.3) is 5.57 Å². The van der Waals surface area contributed by atoms with E-state index in [1.807, 2.05) is 29.2 Å². The Morgan fingerprint density at radius 1 is 1.02 bits per heavy atom. The topological polar surface area (TPSA) is 152 Å². The summed E-state index contributed by atoms with van der Waals surface area (Å²) in [5.41, 5.74) is 10.4. The smallest absolute Gasteiger partial charge is 0.268 e. The molecule has 8 rings (SSSR count). The maximum absolute atomic E-state index is 15.5. The number of nitriles is 1. The number of aromatic nitrogens is 1. The number of nitrogens with zero attached hydrogens (tertiary/aromatic N) is 5. The number of allylic oxidation sites excluding steroid dienone is 1. The van der Waals surface area contributed by atoms with E-state index in [4.69, 9.17) is 37.9 Å². The lowest BCUT2D eigenvalue weighted by Gasteiger charge is -2.39. The first-order valence-corrected chi connectivity index (χ1v) is 24.3. The predicted octanol–water partition coefficient (Wildman–Crippen LogP) is 7.02. The van der Waals surface area contributed by atoms with E-state index in [1.54, 1.807) is 6.07 Å². The number of likely N-dealkylation sites (tertiary alicyclic amines) is 1. The number of fused-ring (bicyclic) bond motifs is 1. The number of sulfonamides is 1. The van der Waals surface area contributed by atoms with Crippen LogP contribution in [-0.2, 0) is 10.0 Å². The molecular weight excluding hydrogens is 867 g/mol. The maximum atomic E-state index is 15.5. The fraction of sp³-hybridized carbons (Fsp3) is 0.543. The number of rotatable bonds is 13. The largest absolute Gasteiger partial charge is 0.489 e. The molecule has 3 N–H and O–H groups in total. The number of piperidine rings is 1. The molecule has 3 saturated heterocycles. The minimum atomic E-state index is -4.46. The number of amides is 1. The lowest BCUT2D eigenvalue weighted by molar-refractivity contribution is 0.0196. The van der Waals surface area contributed by atoms with Crippen molar-refractivity contribution in [3.8, 4) is 17.7 Å². The van der Waals surface area contributed by atoms with Gasteiger partial charge in [-0.1, -0.05) is 54.8 Å². The maximum Gasteiger partial charge on any atom is 0.268 e. The number of halogens is 3. The number of benzene rings is 2. The summed E-state index contributed by atoms with van der Waals surface area (Å²) in [4.78, 5) is 24.4. The quantitative estimate of drug-likeness (QED) is 0.151. The number of hydrogen-bond acceptors (Lipinski definition) is 12. The average molecular weight is 924 g/mol. The average Bonchev–Trinajstić information content (AvgIpc) is 3.75. The number of nitrogens with one attached hydrogen (secondary N) is 3. The number of hydrazine groups is 1. The number of piperazine rings is 1. The molecule has 5 aliphatic rings. The Morgan fingerprint density at radius 3 is 2.51 bits per heavy atom. The molecular formula is C46H57Cl2FN8O5S. The highest BCUT2D eigenvalue weighted by Gasteiger charge is 2.39. The first-order chi connectivity index (χ1) is 30.2. The van der Waals surface area contributed by atoms with Crippen LogP contribution < -0.4 is 29.9 Å². The predicted molar refractivity (Wildman–Crippen MR) is 242 cm³/mol. The SMILES string of the molecule is CC1(C)CCC(CN2CCN(c3ccc(C(=O)NS(=O)(=O)c4cnc(OCC5(F)CCN(CC#N)CC5)c(Cl)c4)c(OC4CCCC5NNCC54)c3)CC2)=C(c2ccc(Cl)cc2)C1. The van der Waals surface area contributed by atoms with Gasteiger partial charge < -0.3 is 14.4 Å². The number of pyridine rings is 1. The first-order valence-electron chi connectivity index (χ1n) is 22.0. The van der Waals surface area contributed by atoms with Crippen LogP contribution in [0.1, 0.15) is 81.1 Å². The van der Waals surface area contributed by atoms with Crippen LogP contribution in [0.4, 0.5) is 10.1 Å². The fourth-order valence-corrected chi connectivity index (χ4v) is 11.0. The molecule has 3 aliphatic heterocycles. The highest BCUT2D eigenvalue weighted by atomic mass is 35.5. The van der Waals surface area contributed by atoms with Crippen molar-refractivity contribution in [3.63, 3.8) is 0 Å². The number of carbonyl (C=O) groups excluding carboxylic acids is 1. The van der Waals surface area contributed by atoms with Gasteiger partial charge in [0.15, 0.2) is 0 Å². The molecule has 1 amide bonds. The monoisotopic (exact) mass is 922 g/mol. The molecule has 2 aromatic carbocycles. The lowest BCUT2D eigenvalue weighted by atomic mass is 9.72. The minimum absolute atomic E-state index is 0.0944. The van der Waals surface area contributed by atoms with Crippen molar-refractivity contribution in [2.75, 3.05) is 70.4 Å². The zero-order valence-electron chi connectivity index (χ0n) is 36.0. The number of ether oxygens (including phenoxy) is 2. The van der Waals surface area contributed by atoms with Crippen LogP contribution in [0.2, 0.25) is 10.0 Å². The number of anilines is 1. The second-order valence-electron chi connectivity index (χ2n) is 18.5. The van der Waals surface area contributed by atoms with Crippen LogP contribution in [0, 0.1) is 22.7 Å². The van der Waals surface area contributed by atoms with Gasteiger partial charge in [0, 0.05) is 81.1 Å². The third-order valence-corrected chi connectivity index (χ3v) is 15.3. The summed E-state index contributed by atoms with van der Waals surface area (Å²) in [6.45, 7) is 10.3. The van der Waals surface area contributed by atoms with Gasteiger partial charge in [0.2, 0.25) is 5.88 Å². The summed E-state index contributed by atoms with van der Waals surface area (Å²) in [7, 11) is -4.46. The van der Waals surface area contributed by atoms with Gasteiger partial charge in [0.05, 0.1) is 24.4 Å². The molecule has 0 bridgehead atoms. The summed E-state index contributed by atoms with van der Waals surface area (Å²) < 4.78 is 57.3. The summed E-state index contributed by atoms with van der Waals surface area (Å²) in [6.07, 6.45) is 7.21. The molecule has 4 fully saturated rings. The third kappa shape index (κ3) is 10.9. The Morgan fingerprint density at radius 2 is 1.78 bits per heavy atom. The van der Waals surface area contributed by atoms with Gasteiger partial charge in [0.1, 0.15) is 34.0 Å². The molecule has 1 saturated carbocycles. The van der Waals surface area contributed by atoms with E-state index in [2.05, 4.69) is 62.4 Å². The van der Waals surface area contributed by atoms with Gasteiger partial charge in [-0.2, -0.15) is 5.26 Å². The first kappa shape index (κ1) is 45.6. The number of carbonyl (C=O) groups is 1. The van der Waals surface area contributed by atoms with Crippen molar-refractivity contribution in [1.82, 2.24) is 30.4 Å². The Labute approximate surface area is 380 Å². The van der Waals surface area contributed by atoms with Crippen LogP contribution >= 0.6 is 23.2 Å². The third-order valence-electron chi connectivity index (χ3n) is 13.5. The minimum Gasteiger partial charge on any atom is -0.489 e. The molecule has 3 unspecified atom stereocenters. The Hall–Kier alpha value is -4.01. The Balaban J connectivity index is 0.957. The van der Waals surface area contributed by atoms with E-state index >= 15 is 4.39 Å².